The fourth-order valence-corrected chi connectivity index (χ4v) is 2.38. The maximum absolute atomic E-state index is 10.1. The van der Waals surface area contributed by atoms with E-state index in [0.717, 1.165) is 0 Å². The van der Waals surface area contributed by atoms with E-state index >= 15 is 0 Å². The van der Waals surface area contributed by atoms with Crippen molar-refractivity contribution in [2.45, 2.75) is 24.5 Å². The van der Waals surface area contributed by atoms with E-state index in [1.807, 2.05) is 0 Å². The van der Waals surface area contributed by atoms with Crippen molar-refractivity contribution in [3.05, 3.63) is 12.7 Å². The summed E-state index contributed by atoms with van der Waals surface area (Å²) in [5.74, 6) is 0.587. The Bertz CT molecular complexity index is 758. The molecule has 2 aromatic rings. The molecule has 1 fully saturated rings. The van der Waals surface area contributed by atoms with Crippen LogP contribution in [-0.2, 0) is 9.30 Å². The maximum atomic E-state index is 10.1. The number of hydrogen-bond acceptors (Lipinski definition) is 9. The van der Waals surface area contributed by atoms with Gasteiger partial charge < -0.3 is 40.7 Å². The minimum absolute atomic E-state index is 0.252. The highest BCUT2D eigenvalue weighted by Gasteiger charge is 2.42. The number of phosphoric acid groups is 1. The Labute approximate surface area is 141 Å². The highest BCUT2D eigenvalue weighted by atomic mass is 31.2. The number of nitrogens with two attached hydrogens (primary N) is 1. The van der Waals surface area contributed by atoms with E-state index in [9.17, 15) is 10.2 Å². The second kappa shape index (κ2) is 7.68. The molecule has 13 nitrogen and oxygen atoms in total. The number of nitrogens with one attached hydrogen (secondary N) is 1. The van der Waals surface area contributed by atoms with Crippen molar-refractivity contribution in [3.8, 4) is 0 Å². The topological polar surface area (TPSA) is 209 Å². The molecule has 0 aromatic carbocycles. The van der Waals surface area contributed by atoms with Crippen molar-refractivity contribution in [1.29, 1.82) is 0 Å². The van der Waals surface area contributed by atoms with Gasteiger partial charge in [-0.15, -0.1) is 0 Å². The van der Waals surface area contributed by atoms with E-state index in [1.54, 1.807) is 11.6 Å². The van der Waals surface area contributed by atoms with Crippen LogP contribution >= 0.6 is 7.82 Å². The molecule has 25 heavy (non-hydrogen) atoms. The van der Waals surface area contributed by atoms with Crippen LogP contribution in [0.5, 0.6) is 0 Å². The molecule has 1 aliphatic rings. The second-order valence-corrected chi connectivity index (χ2v) is 6.15. The molecular formula is C11H19N6O7P. The number of aliphatic hydroxyl groups is 2. The lowest BCUT2D eigenvalue weighted by molar-refractivity contribution is -0.0488. The summed E-state index contributed by atoms with van der Waals surface area (Å²) in [5.41, 5.74) is 6.92. The first-order chi connectivity index (χ1) is 11.7. The van der Waals surface area contributed by atoms with Crippen molar-refractivity contribution in [2.75, 3.05) is 19.0 Å². The van der Waals surface area contributed by atoms with Gasteiger partial charge in [0.15, 0.2) is 17.7 Å². The van der Waals surface area contributed by atoms with E-state index in [4.69, 9.17) is 29.7 Å². The standard InChI is InChI=1S/C11H16N6O3.H3O4P/c1-13-9-7-10(15-3-14-9)17(4-16-7)11-8(19)6(12)5(2-18)20-11;1-5(2,3)4/h3-6,8,11,18-19H,2,12H2,1H3,(H,13,14,15);(H3,1,2,3,4)/t5-,6?,8-,11-;/m1./s1. The van der Waals surface area contributed by atoms with Gasteiger partial charge in [0.25, 0.3) is 0 Å². The van der Waals surface area contributed by atoms with E-state index in [2.05, 4.69) is 20.3 Å². The minimum Gasteiger partial charge on any atom is -0.394 e. The van der Waals surface area contributed by atoms with Gasteiger partial charge in [-0.1, -0.05) is 0 Å². The molecule has 3 rings (SSSR count). The van der Waals surface area contributed by atoms with Crippen molar-refractivity contribution in [3.63, 3.8) is 0 Å². The monoisotopic (exact) mass is 378 g/mol. The van der Waals surface area contributed by atoms with Gasteiger partial charge in [0.05, 0.1) is 19.0 Å². The molecular weight excluding hydrogens is 359 g/mol. The lowest BCUT2D eigenvalue weighted by Crippen LogP contribution is -2.41. The minimum atomic E-state index is -4.64. The SMILES string of the molecule is CNc1ncnc2c1ncn2[C@@H]1O[C@H](CO)C(N)[C@H]1O.O=P(O)(O)O. The third-order valence-electron chi connectivity index (χ3n) is 3.48. The smallest absolute Gasteiger partial charge is 0.394 e. The molecule has 3 heterocycles. The Kier molecular flexibility index (Phi) is 6.03. The van der Waals surface area contributed by atoms with Crippen molar-refractivity contribution < 1.29 is 34.2 Å². The number of fused-ring (bicyclic) bond motifs is 1. The zero-order valence-electron chi connectivity index (χ0n) is 13.0. The van der Waals surface area contributed by atoms with E-state index in [1.165, 1.54) is 12.7 Å². The number of aromatic nitrogens is 4. The van der Waals surface area contributed by atoms with Crippen LogP contribution in [0.4, 0.5) is 5.82 Å². The predicted octanol–water partition coefficient (Wildman–Crippen LogP) is -2.48. The molecule has 0 saturated carbocycles. The number of rotatable bonds is 3. The Morgan fingerprint density at radius 2 is 2.00 bits per heavy atom. The van der Waals surface area contributed by atoms with Crippen molar-refractivity contribution >= 4 is 24.8 Å². The van der Waals surface area contributed by atoms with Gasteiger partial charge in [-0.05, 0) is 0 Å². The molecule has 0 aliphatic carbocycles. The number of anilines is 1. The van der Waals surface area contributed by atoms with Crippen LogP contribution < -0.4 is 11.1 Å². The largest absolute Gasteiger partial charge is 0.466 e. The highest BCUT2D eigenvalue weighted by Crippen LogP contribution is 2.31. The summed E-state index contributed by atoms with van der Waals surface area (Å²) in [7, 11) is -2.90. The molecule has 8 N–H and O–H groups in total. The van der Waals surface area contributed by atoms with Crippen LogP contribution in [0.15, 0.2) is 12.7 Å². The first kappa shape index (κ1) is 19.6. The third kappa shape index (κ3) is 4.48. The zero-order chi connectivity index (χ0) is 18.8. The number of imidazole rings is 1. The van der Waals surface area contributed by atoms with Gasteiger partial charge in [-0.25, -0.2) is 19.5 Å². The van der Waals surface area contributed by atoms with Gasteiger partial charge in [-0.2, -0.15) is 0 Å². The summed E-state index contributed by atoms with van der Waals surface area (Å²) in [6.45, 7) is -0.252. The van der Waals surface area contributed by atoms with Gasteiger partial charge >= 0.3 is 7.82 Å². The average molecular weight is 378 g/mol. The Morgan fingerprint density at radius 3 is 2.52 bits per heavy atom. The third-order valence-corrected chi connectivity index (χ3v) is 3.48. The first-order valence-electron chi connectivity index (χ1n) is 7.01. The van der Waals surface area contributed by atoms with Gasteiger partial charge in [0.2, 0.25) is 0 Å². The summed E-state index contributed by atoms with van der Waals surface area (Å²) >= 11 is 0. The Morgan fingerprint density at radius 1 is 1.36 bits per heavy atom. The molecule has 0 bridgehead atoms. The maximum Gasteiger partial charge on any atom is 0.466 e. The van der Waals surface area contributed by atoms with E-state index in [0.29, 0.717) is 17.0 Å². The van der Waals surface area contributed by atoms with E-state index in [-0.39, 0.29) is 6.61 Å². The quantitative estimate of drug-likeness (QED) is 0.277. The van der Waals surface area contributed by atoms with Gasteiger partial charge in [-0.3, -0.25) is 4.57 Å². The fraction of sp³-hybridized carbons (Fsp3) is 0.545. The van der Waals surface area contributed by atoms with Gasteiger partial charge in [0.1, 0.15) is 24.1 Å². The predicted molar refractivity (Wildman–Crippen MR) is 84.1 cm³/mol. The summed E-state index contributed by atoms with van der Waals surface area (Å²) in [5, 5.41) is 22.3. The van der Waals surface area contributed by atoms with Crippen LogP contribution in [0.25, 0.3) is 11.2 Å². The summed E-state index contributed by atoms with van der Waals surface area (Å²) in [6.07, 6.45) is 0.625. The molecule has 0 spiro atoms. The normalized spacial score (nSPS) is 26.4. The lowest BCUT2D eigenvalue weighted by Gasteiger charge is -2.16. The Balaban J connectivity index is 0.000000399. The van der Waals surface area contributed by atoms with Crippen LogP contribution in [0.3, 0.4) is 0 Å². The second-order valence-electron chi connectivity index (χ2n) is 5.13. The van der Waals surface area contributed by atoms with Crippen molar-refractivity contribution in [2.24, 2.45) is 5.73 Å². The molecule has 0 radical (unpaired) electrons. The molecule has 1 unspecified atom stereocenters. The molecule has 2 aromatic heterocycles. The number of hydrogen-bond donors (Lipinski definition) is 7. The molecule has 4 atom stereocenters. The molecule has 0 amide bonds. The summed E-state index contributed by atoms with van der Waals surface area (Å²) in [6, 6.07) is -0.659. The summed E-state index contributed by atoms with van der Waals surface area (Å²) in [4.78, 5) is 34.0. The van der Waals surface area contributed by atoms with Crippen molar-refractivity contribution in [1.82, 2.24) is 19.5 Å². The first-order valence-corrected chi connectivity index (χ1v) is 8.57. The van der Waals surface area contributed by atoms with Crippen LogP contribution in [0.1, 0.15) is 6.23 Å². The van der Waals surface area contributed by atoms with Crippen LogP contribution in [0.2, 0.25) is 0 Å². The average Bonchev–Trinajstić information content (AvgIpc) is 3.08. The summed E-state index contributed by atoms with van der Waals surface area (Å²) < 4.78 is 16.1. The highest BCUT2D eigenvalue weighted by molar-refractivity contribution is 7.45. The molecule has 1 aliphatic heterocycles. The fourth-order valence-electron chi connectivity index (χ4n) is 2.38. The number of nitrogens with zero attached hydrogens (tertiary/aromatic N) is 4. The van der Waals surface area contributed by atoms with E-state index < -0.39 is 32.3 Å². The van der Waals surface area contributed by atoms with Gasteiger partial charge in [0, 0.05) is 7.05 Å². The van der Waals surface area contributed by atoms with Crippen LogP contribution in [-0.4, -0.2) is 76.3 Å². The molecule has 14 heteroatoms. The number of ether oxygens (including phenoxy) is 1. The number of aliphatic hydroxyl groups excluding tert-OH is 2. The van der Waals surface area contributed by atoms with Crippen LogP contribution in [0, 0.1) is 0 Å². The Hall–Kier alpha value is -1.70. The lowest BCUT2D eigenvalue weighted by atomic mass is 10.1. The zero-order valence-corrected chi connectivity index (χ0v) is 13.9. The molecule has 140 valence electrons. The molecule has 1 saturated heterocycles.